The van der Waals surface area contributed by atoms with Crippen LogP contribution < -0.4 is 5.32 Å². The fourth-order valence-corrected chi connectivity index (χ4v) is 3.57. The van der Waals surface area contributed by atoms with Crippen molar-refractivity contribution < 1.29 is 13.2 Å². The number of anilines is 1. The van der Waals surface area contributed by atoms with Crippen LogP contribution in [0.25, 0.3) is 0 Å². The molecule has 0 aromatic heterocycles. The van der Waals surface area contributed by atoms with Crippen LogP contribution in [0.4, 0.5) is 5.69 Å². The third-order valence-electron chi connectivity index (χ3n) is 3.85. The van der Waals surface area contributed by atoms with E-state index in [1.807, 2.05) is 6.08 Å². The number of sulfonamides is 1. The fraction of sp³-hybridized carbons (Fsp3) is 0.438. The summed E-state index contributed by atoms with van der Waals surface area (Å²) < 4.78 is 25.8. The molecule has 120 valence electrons. The van der Waals surface area contributed by atoms with E-state index < -0.39 is 10.0 Å². The van der Waals surface area contributed by atoms with Crippen LogP contribution in [0.5, 0.6) is 0 Å². The molecule has 0 aliphatic heterocycles. The van der Waals surface area contributed by atoms with E-state index in [1.54, 1.807) is 19.1 Å². The summed E-state index contributed by atoms with van der Waals surface area (Å²) in [7, 11) is -0.531. The van der Waals surface area contributed by atoms with Gasteiger partial charge in [-0.25, -0.2) is 12.7 Å². The predicted molar refractivity (Wildman–Crippen MR) is 87.2 cm³/mol. The van der Waals surface area contributed by atoms with Gasteiger partial charge in [-0.05, 0) is 43.9 Å². The maximum atomic E-state index is 12.3. The number of nitrogens with zero attached hydrogens (tertiary/aromatic N) is 1. The van der Waals surface area contributed by atoms with Crippen molar-refractivity contribution in [2.24, 2.45) is 5.92 Å². The van der Waals surface area contributed by atoms with Gasteiger partial charge in [-0.2, -0.15) is 0 Å². The van der Waals surface area contributed by atoms with Crippen LogP contribution in [0.15, 0.2) is 35.2 Å². The lowest BCUT2D eigenvalue weighted by molar-refractivity contribution is -0.120. The van der Waals surface area contributed by atoms with E-state index in [0.717, 1.165) is 19.3 Å². The van der Waals surface area contributed by atoms with Crippen LogP contribution in [0.3, 0.4) is 0 Å². The van der Waals surface area contributed by atoms with Crippen molar-refractivity contribution in [3.63, 3.8) is 0 Å². The standard InChI is InChI=1S/C16H22N2O3S/c1-12-9-10-14(11-15(12)22(20,21)18(2)3)17-16(19)13-7-5-4-6-8-13/h4-5,9-11,13H,6-8H2,1-3H3,(H,17,19)/t13-/m0/s1. The molecule has 2 rings (SSSR count). The molecular weight excluding hydrogens is 300 g/mol. The summed E-state index contributed by atoms with van der Waals surface area (Å²) in [4.78, 5) is 12.5. The molecule has 0 radical (unpaired) electrons. The second-order valence-corrected chi connectivity index (χ2v) is 7.86. The third-order valence-corrected chi connectivity index (χ3v) is 5.81. The molecule has 1 N–H and O–H groups in total. The molecule has 0 bridgehead atoms. The molecule has 1 aromatic carbocycles. The maximum absolute atomic E-state index is 12.3. The van der Waals surface area contributed by atoms with Crippen LogP contribution in [0.1, 0.15) is 24.8 Å². The third kappa shape index (κ3) is 3.56. The number of carbonyl (C=O) groups is 1. The number of carbonyl (C=O) groups excluding carboxylic acids is 1. The van der Waals surface area contributed by atoms with Gasteiger partial charge in [0, 0.05) is 25.7 Å². The van der Waals surface area contributed by atoms with E-state index in [4.69, 9.17) is 0 Å². The van der Waals surface area contributed by atoms with Crippen molar-refractivity contribution in [1.29, 1.82) is 0 Å². The number of hydrogen-bond donors (Lipinski definition) is 1. The van der Waals surface area contributed by atoms with Crippen molar-refractivity contribution in [3.05, 3.63) is 35.9 Å². The first-order valence-corrected chi connectivity index (χ1v) is 8.75. The molecule has 1 amide bonds. The molecular formula is C16H22N2O3S. The average molecular weight is 322 g/mol. The molecule has 22 heavy (non-hydrogen) atoms. The summed E-state index contributed by atoms with van der Waals surface area (Å²) in [6, 6.07) is 4.98. The fourth-order valence-electron chi connectivity index (χ4n) is 2.43. The Kier molecular flexibility index (Phi) is 5.03. The molecule has 1 atom stereocenters. The van der Waals surface area contributed by atoms with E-state index in [2.05, 4.69) is 11.4 Å². The molecule has 6 heteroatoms. The molecule has 1 aliphatic carbocycles. The van der Waals surface area contributed by atoms with E-state index in [0.29, 0.717) is 11.3 Å². The van der Waals surface area contributed by atoms with Crippen molar-refractivity contribution in [1.82, 2.24) is 4.31 Å². The van der Waals surface area contributed by atoms with Gasteiger partial charge >= 0.3 is 0 Å². The van der Waals surface area contributed by atoms with Gasteiger partial charge in [0.15, 0.2) is 0 Å². The van der Waals surface area contributed by atoms with Gasteiger partial charge in [0.2, 0.25) is 15.9 Å². The smallest absolute Gasteiger partial charge is 0.242 e. The lowest BCUT2D eigenvalue weighted by Crippen LogP contribution is -2.25. The van der Waals surface area contributed by atoms with Crippen LogP contribution >= 0.6 is 0 Å². The van der Waals surface area contributed by atoms with Gasteiger partial charge in [-0.1, -0.05) is 18.2 Å². The van der Waals surface area contributed by atoms with Crippen LogP contribution in [0, 0.1) is 12.8 Å². The van der Waals surface area contributed by atoms with Gasteiger partial charge in [0.25, 0.3) is 0 Å². The van der Waals surface area contributed by atoms with E-state index in [-0.39, 0.29) is 16.7 Å². The Balaban J connectivity index is 2.23. The Bertz CT molecular complexity index is 693. The first-order chi connectivity index (χ1) is 10.3. The minimum atomic E-state index is -3.52. The number of nitrogens with one attached hydrogen (secondary N) is 1. The molecule has 0 fully saturated rings. The molecule has 5 nitrogen and oxygen atoms in total. The normalized spacial score (nSPS) is 18.5. The lowest BCUT2D eigenvalue weighted by atomic mass is 9.93. The molecule has 0 spiro atoms. The van der Waals surface area contributed by atoms with Crippen LogP contribution in [0.2, 0.25) is 0 Å². The highest BCUT2D eigenvalue weighted by molar-refractivity contribution is 7.89. The molecule has 0 saturated carbocycles. The zero-order valence-corrected chi connectivity index (χ0v) is 14.0. The highest BCUT2D eigenvalue weighted by atomic mass is 32.2. The summed E-state index contributed by atoms with van der Waals surface area (Å²) >= 11 is 0. The summed E-state index contributed by atoms with van der Waals surface area (Å²) in [6.45, 7) is 1.74. The monoisotopic (exact) mass is 322 g/mol. The van der Waals surface area contributed by atoms with Crippen molar-refractivity contribution in [2.45, 2.75) is 31.1 Å². The number of rotatable bonds is 4. The number of amides is 1. The summed E-state index contributed by atoms with van der Waals surface area (Å²) in [5.74, 6) is -0.0957. The second-order valence-electron chi connectivity index (χ2n) is 5.74. The van der Waals surface area contributed by atoms with E-state index in [9.17, 15) is 13.2 Å². The van der Waals surface area contributed by atoms with Gasteiger partial charge in [0.1, 0.15) is 0 Å². The van der Waals surface area contributed by atoms with Crippen molar-refractivity contribution in [3.8, 4) is 0 Å². The molecule has 0 unspecified atom stereocenters. The van der Waals surface area contributed by atoms with Gasteiger partial charge < -0.3 is 5.32 Å². The minimum Gasteiger partial charge on any atom is -0.326 e. The Hall–Kier alpha value is -1.66. The van der Waals surface area contributed by atoms with Gasteiger partial charge in [-0.3, -0.25) is 4.79 Å². The zero-order chi connectivity index (χ0) is 16.3. The quantitative estimate of drug-likeness (QED) is 0.866. The van der Waals surface area contributed by atoms with E-state index in [1.165, 1.54) is 24.5 Å². The summed E-state index contributed by atoms with van der Waals surface area (Å²) in [5, 5.41) is 2.83. The largest absolute Gasteiger partial charge is 0.326 e. The summed E-state index contributed by atoms with van der Waals surface area (Å²) in [6.07, 6.45) is 6.58. The Morgan fingerprint density at radius 1 is 1.27 bits per heavy atom. The Morgan fingerprint density at radius 3 is 2.59 bits per heavy atom. The molecule has 0 heterocycles. The zero-order valence-electron chi connectivity index (χ0n) is 13.2. The first kappa shape index (κ1) is 16.7. The highest BCUT2D eigenvalue weighted by Gasteiger charge is 2.22. The van der Waals surface area contributed by atoms with Gasteiger partial charge in [-0.15, -0.1) is 0 Å². The number of allylic oxidation sites excluding steroid dienone is 2. The average Bonchev–Trinajstić information content (AvgIpc) is 2.49. The highest BCUT2D eigenvalue weighted by Crippen LogP contribution is 2.24. The van der Waals surface area contributed by atoms with Crippen molar-refractivity contribution >= 4 is 21.6 Å². The molecule has 1 aromatic rings. The SMILES string of the molecule is Cc1ccc(NC(=O)[C@H]2CC=CCC2)cc1S(=O)(=O)N(C)C. The van der Waals surface area contributed by atoms with Crippen molar-refractivity contribution in [2.75, 3.05) is 19.4 Å². The predicted octanol–water partition coefficient (Wildman–Crippen LogP) is 2.54. The topological polar surface area (TPSA) is 66.5 Å². The van der Waals surface area contributed by atoms with Crippen LogP contribution in [-0.4, -0.2) is 32.7 Å². The minimum absolute atomic E-state index is 0.0415. The lowest BCUT2D eigenvalue weighted by Gasteiger charge is -2.18. The number of benzene rings is 1. The Morgan fingerprint density at radius 2 is 2.00 bits per heavy atom. The number of hydrogen-bond acceptors (Lipinski definition) is 3. The molecule has 0 saturated heterocycles. The van der Waals surface area contributed by atoms with E-state index >= 15 is 0 Å². The van der Waals surface area contributed by atoms with Crippen LogP contribution in [-0.2, 0) is 14.8 Å². The first-order valence-electron chi connectivity index (χ1n) is 7.31. The Labute approximate surface area is 132 Å². The second kappa shape index (κ2) is 6.62. The summed E-state index contributed by atoms with van der Waals surface area (Å²) in [5.41, 5.74) is 1.18. The van der Waals surface area contributed by atoms with Gasteiger partial charge in [0.05, 0.1) is 4.90 Å². The number of aryl methyl sites for hydroxylation is 1. The molecule has 1 aliphatic rings. The maximum Gasteiger partial charge on any atom is 0.242 e.